The molecule has 0 fully saturated rings. The number of benzene rings is 1. The molecule has 7 nitrogen and oxygen atoms in total. The molecule has 0 saturated heterocycles. The van der Waals surface area contributed by atoms with Gasteiger partial charge in [-0.2, -0.15) is 23.3 Å². The standard InChI is InChI=1S/C18H15F3N4O3S/c19-18(20,21)15-4-3-12(29-15)8-25-17(28)23-16(6-22-25)24-7-10-1-2-11(26)5-13(10)14(27)9-24/h1-6,14,26-27H,7-9H2. The zero-order valence-corrected chi connectivity index (χ0v) is 15.6. The van der Waals surface area contributed by atoms with Crippen molar-refractivity contribution in [3.8, 4) is 5.75 Å². The summed E-state index contributed by atoms with van der Waals surface area (Å²) in [6.07, 6.45) is -3.95. The van der Waals surface area contributed by atoms with Gasteiger partial charge in [-0.3, -0.25) is 0 Å². The average molecular weight is 424 g/mol. The van der Waals surface area contributed by atoms with Crippen molar-refractivity contribution in [3.05, 3.63) is 67.9 Å². The molecule has 11 heteroatoms. The van der Waals surface area contributed by atoms with Crippen LogP contribution in [0.2, 0.25) is 0 Å². The minimum Gasteiger partial charge on any atom is -0.508 e. The predicted molar refractivity (Wildman–Crippen MR) is 98.8 cm³/mol. The van der Waals surface area contributed by atoms with E-state index >= 15 is 0 Å². The number of aromatic hydroxyl groups is 1. The summed E-state index contributed by atoms with van der Waals surface area (Å²) in [5.74, 6) is 0.312. The van der Waals surface area contributed by atoms with Crippen LogP contribution in [-0.2, 0) is 19.3 Å². The van der Waals surface area contributed by atoms with E-state index in [0.717, 1.165) is 16.3 Å². The fraction of sp³-hybridized carbons (Fsp3) is 0.278. The van der Waals surface area contributed by atoms with Crippen molar-refractivity contribution in [3.63, 3.8) is 0 Å². The van der Waals surface area contributed by atoms with Crippen molar-refractivity contribution in [2.75, 3.05) is 11.4 Å². The molecule has 3 heterocycles. The lowest BCUT2D eigenvalue weighted by atomic mass is 9.97. The maximum Gasteiger partial charge on any atom is 0.425 e. The van der Waals surface area contributed by atoms with E-state index in [1.54, 1.807) is 11.0 Å². The summed E-state index contributed by atoms with van der Waals surface area (Å²) < 4.78 is 39.1. The summed E-state index contributed by atoms with van der Waals surface area (Å²) in [6, 6.07) is 6.97. The first-order valence-corrected chi connectivity index (χ1v) is 9.37. The molecule has 1 aliphatic rings. The van der Waals surface area contributed by atoms with E-state index in [0.29, 0.717) is 28.3 Å². The van der Waals surface area contributed by atoms with Crippen LogP contribution in [0.5, 0.6) is 5.75 Å². The number of alkyl halides is 3. The Balaban J connectivity index is 1.54. The molecule has 152 valence electrons. The first kappa shape index (κ1) is 19.4. The third kappa shape index (κ3) is 3.96. The molecule has 0 radical (unpaired) electrons. The van der Waals surface area contributed by atoms with Gasteiger partial charge in [-0.15, -0.1) is 11.3 Å². The summed E-state index contributed by atoms with van der Waals surface area (Å²) >= 11 is 0.553. The summed E-state index contributed by atoms with van der Waals surface area (Å²) in [5.41, 5.74) is 0.696. The number of aliphatic hydroxyl groups excluding tert-OH is 1. The van der Waals surface area contributed by atoms with Gasteiger partial charge in [0.05, 0.1) is 18.8 Å². The first-order valence-electron chi connectivity index (χ1n) is 8.55. The maximum atomic E-state index is 12.7. The van der Waals surface area contributed by atoms with Crippen molar-refractivity contribution in [1.29, 1.82) is 0 Å². The highest BCUT2D eigenvalue weighted by Gasteiger charge is 2.32. The Kier molecular flexibility index (Phi) is 4.79. The Bertz CT molecular complexity index is 1110. The van der Waals surface area contributed by atoms with Crippen LogP contribution in [0.15, 0.2) is 41.3 Å². The normalized spacial score (nSPS) is 16.7. The van der Waals surface area contributed by atoms with E-state index in [9.17, 15) is 28.2 Å². The number of aromatic nitrogens is 3. The second-order valence-corrected chi connectivity index (χ2v) is 7.77. The fourth-order valence-corrected chi connectivity index (χ4v) is 4.02. The van der Waals surface area contributed by atoms with Crippen LogP contribution in [0.25, 0.3) is 0 Å². The molecule has 2 aromatic heterocycles. The fourth-order valence-electron chi connectivity index (χ4n) is 3.17. The number of aliphatic hydroxyl groups is 1. The summed E-state index contributed by atoms with van der Waals surface area (Å²) in [5, 5.41) is 23.9. The number of phenols is 1. The number of nitrogens with zero attached hydrogens (tertiary/aromatic N) is 4. The molecule has 3 aromatic rings. The zero-order chi connectivity index (χ0) is 20.8. The predicted octanol–water partition coefficient (Wildman–Crippen LogP) is 2.53. The molecule has 29 heavy (non-hydrogen) atoms. The van der Waals surface area contributed by atoms with E-state index in [4.69, 9.17) is 0 Å². The van der Waals surface area contributed by atoms with E-state index in [1.165, 1.54) is 24.4 Å². The van der Waals surface area contributed by atoms with Gasteiger partial charge in [-0.05, 0) is 35.4 Å². The van der Waals surface area contributed by atoms with Gasteiger partial charge in [0, 0.05) is 18.0 Å². The van der Waals surface area contributed by atoms with Gasteiger partial charge in [0.2, 0.25) is 0 Å². The van der Waals surface area contributed by atoms with E-state index in [-0.39, 0.29) is 24.7 Å². The highest BCUT2D eigenvalue weighted by atomic mass is 32.1. The smallest absolute Gasteiger partial charge is 0.425 e. The Morgan fingerprint density at radius 3 is 2.72 bits per heavy atom. The van der Waals surface area contributed by atoms with Crippen LogP contribution < -0.4 is 10.6 Å². The van der Waals surface area contributed by atoms with E-state index < -0.39 is 22.8 Å². The number of hydrogen-bond donors (Lipinski definition) is 2. The van der Waals surface area contributed by atoms with Crippen LogP contribution in [-0.4, -0.2) is 31.5 Å². The second-order valence-electron chi connectivity index (χ2n) is 6.60. The van der Waals surface area contributed by atoms with Gasteiger partial charge in [-0.25, -0.2) is 9.48 Å². The van der Waals surface area contributed by atoms with Crippen molar-refractivity contribution in [2.24, 2.45) is 0 Å². The van der Waals surface area contributed by atoms with Crippen LogP contribution in [0.3, 0.4) is 0 Å². The number of anilines is 1. The van der Waals surface area contributed by atoms with Crippen LogP contribution in [0.1, 0.15) is 27.0 Å². The molecule has 0 spiro atoms. The lowest BCUT2D eigenvalue weighted by molar-refractivity contribution is -0.134. The number of thiophene rings is 1. The number of hydrogen-bond acceptors (Lipinski definition) is 7. The first-order chi connectivity index (χ1) is 13.7. The van der Waals surface area contributed by atoms with Crippen LogP contribution >= 0.6 is 11.3 Å². The third-order valence-corrected chi connectivity index (χ3v) is 5.67. The average Bonchev–Trinajstić information content (AvgIpc) is 3.13. The minimum atomic E-state index is -4.43. The lowest BCUT2D eigenvalue weighted by Crippen LogP contribution is -2.36. The van der Waals surface area contributed by atoms with Crippen molar-refractivity contribution in [2.45, 2.75) is 25.4 Å². The molecule has 2 N–H and O–H groups in total. The molecule has 0 bridgehead atoms. The summed E-state index contributed by atoms with van der Waals surface area (Å²) in [7, 11) is 0. The minimum absolute atomic E-state index is 0.0564. The quantitative estimate of drug-likeness (QED) is 0.672. The number of β-amino-alcohol motifs (C(OH)–C–C–N with tert-alkyl or cyclic N) is 1. The second kappa shape index (κ2) is 7.16. The van der Waals surface area contributed by atoms with Gasteiger partial charge in [-0.1, -0.05) is 6.07 Å². The Morgan fingerprint density at radius 2 is 2.03 bits per heavy atom. The van der Waals surface area contributed by atoms with Gasteiger partial charge in [0.15, 0.2) is 5.82 Å². The molecule has 1 atom stereocenters. The highest BCUT2D eigenvalue weighted by Crippen LogP contribution is 2.35. The third-order valence-electron chi connectivity index (χ3n) is 4.56. The Labute approximate surface area is 166 Å². The van der Waals surface area contributed by atoms with Crippen molar-refractivity contribution in [1.82, 2.24) is 14.8 Å². The Hall–Kier alpha value is -2.92. The number of phenolic OH excluding ortho intramolecular Hbond substituents is 1. The van der Waals surface area contributed by atoms with Gasteiger partial charge in [0.25, 0.3) is 0 Å². The molecule has 0 saturated carbocycles. The molecule has 1 aliphatic heterocycles. The van der Waals surface area contributed by atoms with Gasteiger partial charge >= 0.3 is 11.9 Å². The van der Waals surface area contributed by atoms with Gasteiger partial charge < -0.3 is 15.1 Å². The van der Waals surface area contributed by atoms with Gasteiger partial charge in [0.1, 0.15) is 10.6 Å². The summed E-state index contributed by atoms with van der Waals surface area (Å²) in [6.45, 7) is 0.413. The molecule has 0 aliphatic carbocycles. The zero-order valence-electron chi connectivity index (χ0n) is 14.8. The lowest BCUT2D eigenvalue weighted by Gasteiger charge is -2.32. The maximum absolute atomic E-state index is 12.7. The van der Waals surface area contributed by atoms with E-state index in [2.05, 4.69) is 10.1 Å². The summed E-state index contributed by atoms with van der Waals surface area (Å²) in [4.78, 5) is 17.6. The van der Waals surface area contributed by atoms with E-state index in [1.807, 2.05) is 0 Å². The number of fused-ring (bicyclic) bond motifs is 1. The highest BCUT2D eigenvalue weighted by molar-refractivity contribution is 7.12. The van der Waals surface area contributed by atoms with Crippen LogP contribution in [0.4, 0.5) is 19.0 Å². The molecular weight excluding hydrogens is 409 g/mol. The van der Waals surface area contributed by atoms with Crippen LogP contribution in [0, 0.1) is 0 Å². The molecular formula is C18H15F3N4O3S. The SMILES string of the molecule is O=c1nc(N2Cc3ccc(O)cc3C(O)C2)cnn1Cc1ccc(C(F)(F)F)s1. The molecule has 4 rings (SSSR count). The Morgan fingerprint density at radius 1 is 1.24 bits per heavy atom. The molecule has 1 aromatic carbocycles. The van der Waals surface area contributed by atoms with Crippen molar-refractivity contribution >= 4 is 17.2 Å². The largest absolute Gasteiger partial charge is 0.508 e. The van der Waals surface area contributed by atoms with Crippen molar-refractivity contribution < 1.29 is 23.4 Å². The topological polar surface area (TPSA) is 91.5 Å². The number of halogens is 3. The molecule has 1 unspecified atom stereocenters. The number of rotatable bonds is 3. The molecule has 0 amide bonds. The monoisotopic (exact) mass is 424 g/mol.